The summed E-state index contributed by atoms with van der Waals surface area (Å²) in [7, 11) is 5.38. The molecule has 5 aromatic carbocycles. The van der Waals surface area contributed by atoms with Gasteiger partial charge in [-0.15, -0.1) is 11.8 Å². The van der Waals surface area contributed by atoms with E-state index in [2.05, 4.69) is 47.5 Å². The molecule has 3 fully saturated rings. The molecule has 0 spiro atoms. The maximum Gasteiger partial charge on any atom is 0.305 e. The van der Waals surface area contributed by atoms with Crippen LogP contribution in [0.15, 0.2) is 146 Å². The van der Waals surface area contributed by atoms with Gasteiger partial charge in [-0.05, 0) is 90.0 Å². The van der Waals surface area contributed by atoms with Crippen LogP contribution in [0.5, 0.6) is 5.75 Å². The number of nitrogens with zero attached hydrogens (tertiary/aromatic N) is 6. The summed E-state index contributed by atoms with van der Waals surface area (Å²) in [6.45, 7) is 6.98. The van der Waals surface area contributed by atoms with Crippen LogP contribution < -0.4 is 54.0 Å². The minimum atomic E-state index is -1.88. The van der Waals surface area contributed by atoms with Crippen molar-refractivity contribution in [3.05, 3.63) is 174 Å². The third-order valence-corrected chi connectivity index (χ3v) is 24.3. The highest BCUT2D eigenvalue weighted by Crippen LogP contribution is 2.30. The molecule has 0 aliphatic carbocycles. The van der Waals surface area contributed by atoms with E-state index in [1.165, 1.54) is 72.1 Å². The largest absolute Gasteiger partial charge is 0.508 e. The van der Waals surface area contributed by atoms with Crippen LogP contribution in [0.3, 0.4) is 0 Å². The first kappa shape index (κ1) is 99.1. The number of para-hydroxylation sites is 1. The summed E-state index contributed by atoms with van der Waals surface area (Å²) in [5.41, 5.74) is 15.6. The molecule has 3 saturated heterocycles. The van der Waals surface area contributed by atoms with Crippen molar-refractivity contribution in [1.29, 1.82) is 0 Å². The van der Waals surface area contributed by atoms with Gasteiger partial charge < -0.3 is 98.6 Å². The first-order valence-electron chi connectivity index (χ1n) is 43.3. The van der Waals surface area contributed by atoms with Crippen molar-refractivity contribution in [3.8, 4) is 5.75 Å². The molecule has 6 aromatic rings. The molecule has 128 heavy (non-hydrogen) atoms. The van der Waals surface area contributed by atoms with Crippen LogP contribution in [0.1, 0.15) is 120 Å². The van der Waals surface area contributed by atoms with Crippen molar-refractivity contribution in [2.24, 2.45) is 23.3 Å². The molecule has 15 amide bonds. The molecular formula is C92H121N17O18S. The summed E-state index contributed by atoms with van der Waals surface area (Å²) in [4.78, 5) is 247. The molecule has 0 radical (unpaired) electrons. The smallest absolute Gasteiger partial charge is 0.305 e. The van der Waals surface area contributed by atoms with Crippen molar-refractivity contribution in [2.75, 3.05) is 65.9 Å². The summed E-state index contributed by atoms with van der Waals surface area (Å²) < 4.78 is 0. The van der Waals surface area contributed by atoms with Gasteiger partial charge in [0.05, 0.1) is 25.3 Å². The Labute approximate surface area is 748 Å². The maximum absolute atomic E-state index is 15.7. The number of unbranched alkanes of at least 4 members (excludes halogenated alkanes) is 2. The van der Waals surface area contributed by atoms with E-state index in [1.807, 2.05) is 6.92 Å². The number of hydrogen-bond donors (Lipinski definition) is 13. The van der Waals surface area contributed by atoms with E-state index >= 15 is 43.2 Å². The Morgan fingerprint density at radius 3 is 1.66 bits per heavy atom. The molecule has 35 nitrogen and oxygen atoms in total. The van der Waals surface area contributed by atoms with Crippen LogP contribution in [0.25, 0.3) is 10.9 Å². The molecule has 0 saturated carbocycles. The molecule has 0 unspecified atom stereocenters. The van der Waals surface area contributed by atoms with Crippen molar-refractivity contribution in [1.82, 2.24) is 76.9 Å². The van der Waals surface area contributed by atoms with Crippen molar-refractivity contribution in [2.45, 2.75) is 203 Å². The molecule has 3 aliphatic heterocycles. The Balaban J connectivity index is 1.11. The average molecular weight is 1790 g/mol. The van der Waals surface area contributed by atoms with Gasteiger partial charge in [-0.2, -0.15) is 0 Å². The standard InChI is InChI=1S/C92H121N17O18S/c1-10-11-15-33-72-88(123)104(6)51-77(112)97-68(47-79(114)115)85(120)103-80(55(4)5)92(127)107(9)74(44-58-29-20-14-21-30-58)90(125)109-50-61(93)46-75(109)91(126)108-39-24-34-71(108)86(121)101-67(45-60-48-95-64-32-23-22-31-63(60)64)84(119)100-66(41-59-35-37-62(110)38-36-59)83(118)99-65(40-54(2)3)82(117)102-70(81(116)96-49-76(94)111)52-128-53-78(113)98-69(42-56-25-16-12-17-26-56)87(122)106(8)73(89(124)105(72)7)43-57-27-18-13-19-28-57/h12-14,16-23,25-32,35-38,48,54-55,61,65-75,80,95,110H,10-11,15,24,33-34,39-47,49-53,93H2,1-9H3,(H2,94,111)(H,96,116)(H,97,112)(H,98,113)(H,99,118)(H,100,119)(H,101,121)(H,102,117)(H,103,120)(H,114,115)/t61-,65+,66+,67+,68+,69+,70+,71-,72+,73+,74+,75+,80+/m1/s1. The van der Waals surface area contributed by atoms with E-state index in [0.29, 0.717) is 58.0 Å². The molecule has 13 atom stereocenters. The number of carbonyl (C=O) groups is 16. The lowest BCUT2D eigenvalue weighted by Crippen LogP contribution is -2.61. The second kappa shape index (κ2) is 47.2. The minimum Gasteiger partial charge on any atom is -0.508 e. The number of phenols is 1. The number of rotatable bonds is 22. The van der Waals surface area contributed by atoms with Crippen LogP contribution in [0.2, 0.25) is 0 Å². The average Bonchev–Trinajstić information content (AvgIpc) is 1.47. The molecular weight excluding hydrogens is 1660 g/mol. The number of nitrogens with two attached hydrogens (primary N) is 2. The Hall–Kier alpha value is -12.7. The van der Waals surface area contributed by atoms with Gasteiger partial charge in [-0.1, -0.05) is 175 Å². The lowest BCUT2D eigenvalue weighted by molar-refractivity contribution is -0.152. The molecule has 15 N–H and O–H groups in total. The second-order valence-electron chi connectivity index (χ2n) is 33.9. The number of fused-ring (bicyclic) bond motifs is 3. The Morgan fingerprint density at radius 1 is 0.531 bits per heavy atom. The predicted octanol–water partition coefficient (Wildman–Crippen LogP) is 1.74. The number of amides is 15. The van der Waals surface area contributed by atoms with Gasteiger partial charge in [0.2, 0.25) is 88.6 Å². The van der Waals surface area contributed by atoms with Gasteiger partial charge in [0, 0.05) is 102 Å². The Morgan fingerprint density at radius 2 is 1.06 bits per heavy atom. The minimum absolute atomic E-state index is 0.00540. The third-order valence-electron chi connectivity index (χ3n) is 23.3. The molecule has 0 bridgehead atoms. The van der Waals surface area contributed by atoms with Crippen molar-refractivity contribution in [3.63, 3.8) is 0 Å². The fourth-order valence-corrected chi connectivity index (χ4v) is 17.1. The number of aromatic nitrogens is 1. The number of thioether (sulfide) groups is 1. The zero-order chi connectivity index (χ0) is 93.2. The van der Waals surface area contributed by atoms with E-state index in [9.17, 15) is 43.8 Å². The topological polar surface area (TPSA) is 497 Å². The fourth-order valence-electron chi connectivity index (χ4n) is 16.3. The summed E-state index contributed by atoms with van der Waals surface area (Å²) >= 11 is 0.842. The van der Waals surface area contributed by atoms with E-state index < -0.39 is 204 Å². The Kier molecular flexibility index (Phi) is 36.5. The number of aromatic hydroxyl groups is 1. The number of carbonyl (C=O) groups excluding carboxylic acids is 15. The van der Waals surface area contributed by atoms with Crippen LogP contribution in [0, 0.1) is 11.8 Å². The zero-order valence-corrected chi connectivity index (χ0v) is 74.6. The second-order valence-corrected chi connectivity index (χ2v) is 35.0. The van der Waals surface area contributed by atoms with Gasteiger partial charge in [-0.25, -0.2) is 0 Å². The highest BCUT2D eigenvalue weighted by atomic mass is 32.2. The number of phenolic OH excluding ortho intramolecular Hbond substituents is 1. The number of primary amides is 1. The highest BCUT2D eigenvalue weighted by molar-refractivity contribution is 8.00. The van der Waals surface area contributed by atoms with Gasteiger partial charge in [0.15, 0.2) is 0 Å². The SMILES string of the molecule is CCCCC[C@H]1C(=O)N(C)CC(=O)N[C@@H](CC(=O)O)C(=O)N[C@@H](C(C)C)C(=O)N(C)[C@@H](Cc2ccccc2)C(=O)N2C[C@H](N)C[C@H]2C(=O)N2CCC[C@@H]2C(=O)N[C@@H](Cc2c[nH]c3ccccc23)C(=O)N[C@@H](Cc2ccc(O)cc2)C(=O)N[C@@H](CC(C)C)C(=O)N[C@H](C(=O)NCC(N)=O)CSCC(=O)N[C@@H](Cc2ccccc2)C(=O)N(C)[C@@H](Cc2ccccc2)C(=O)N1C. The molecule has 3 aliphatic rings. The number of carboxylic acid groups (broad SMARTS) is 1. The van der Waals surface area contributed by atoms with Crippen LogP contribution >= 0.6 is 11.8 Å². The number of nitrogens with one attached hydrogen (secondary N) is 9. The first-order valence-corrected chi connectivity index (χ1v) is 44.5. The fraction of sp³-hybridized carbons (Fsp3) is 0.478. The van der Waals surface area contributed by atoms with Gasteiger partial charge in [0.1, 0.15) is 78.3 Å². The van der Waals surface area contributed by atoms with E-state index in [4.69, 9.17) is 11.5 Å². The number of aliphatic carboxylic acids is 1. The monoisotopic (exact) mass is 1780 g/mol. The molecule has 688 valence electrons. The van der Waals surface area contributed by atoms with Gasteiger partial charge >= 0.3 is 5.97 Å². The number of H-pyrrole nitrogens is 1. The summed E-state index contributed by atoms with van der Waals surface area (Å²) in [5.74, 6) is -16.4. The van der Waals surface area contributed by atoms with E-state index in [-0.39, 0.29) is 94.7 Å². The molecule has 9 rings (SSSR count). The number of aromatic amines is 1. The summed E-state index contributed by atoms with van der Waals surface area (Å²) in [6.07, 6.45) is 1.70. The normalized spacial score (nSPS) is 24.1. The van der Waals surface area contributed by atoms with Crippen LogP contribution in [-0.2, 0) is 109 Å². The molecule has 36 heteroatoms. The van der Waals surface area contributed by atoms with Crippen LogP contribution in [-0.4, -0.2) is 284 Å². The molecule has 1 aromatic heterocycles. The third kappa shape index (κ3) is 27.6. The summed E-state index contributed by atoms with van der Waals surface area (Å²) in [6, 6.07) is 20.5. The summed E-state index contributed by atoms with van der Waals surface area (Å²) in [5, 5.41) is 42.9. The number of likely N-dealkylation sites (N-methyl/N-ethyl adjacent to an activating group) is 4. The van der Waals surface area contributed by atoms with E-state index in [0.717, 1.165) is 21.6 Å². The quantitative estimate of drug-likeness (QED) is 0.0431. The van der Waals surface area contributed by atoms with Gasteiger partial charge in [-0.3, -0.25) is 76.7 Å². The van der Waals surface area contributed by atoms with Gasteiger partial charge in [0.25, 0.3) is 0 Å². The number of hydrogen-bond acceptors (Lipinski definition) is 19. The zero-order valence-electron chi connectivity index (χ0n) is 73.8. The van der Waals surface area contributed by atoms with Crippen LogP contribution in [0.4, 0.5) is 0 Å². The van der Waals surface area contributed by atoms with E-state index in [1.54, 1.807) is 149 Å². The first-order chi connectivity index (χ1) is 61.0. The van der Waals surface area contributed by atoms with Crippen molar-refractivity contribution < 1.29 is 86.9 Å². The highest BCUT2D eigenvalue weighted by Gasteiger charge is 2.49. The predicted molar refractivity (Wildman–Crippen MR) is 478 cm³/mol. The molecule has 4 heterocycles. The lowest BCUT2D eigenvalue weighted by atomic mass is 9.98. The lowest BCUT2D eigenvalue weighted by Gasteiger charge is -2.37. The number of benzene rings is 5. The number of carboxylic acids is 1. The maximum atomic E-state index is 15.7. The van der Waals surface area contributed by atoms with Crippen molar-refractivity contribution >= 4 is 117 Å². The Bertz CT molecular complexity index is 4910.